The molecular weight excluding hydrogens is 376 g/mol. The normalized spacial score (nSPS) is 19.9. The molecule has 0 aromatic heterocycles. The summed E-state index contributed by atoms with van der Waals surface area (Å²) in [4.78, 5) is 14.7. The fourth-order valence-electron chi connectivity index (χ4n) is 3.27. The molecule has 9 heteroatoms. The monoisotopic (exact) mass is 404 g/mol. The lowest BCUT2D eigenvalue weighted by molar-refractivity contribution is -0.120. The summed E-state index contributed by atoms with van der Waals surface area (Å²) in [5, 5.41) is 2.93. The highest BCUT2D eigenvalue weighted by Gasteiger charge is 2.32. The smallest absolute Gasteiger partial charge is 0.242 e. The van der Waals surface area contributed by atoms with Crippen molar-refractivity contribution >= 4 is 39.7 Å². The maximum Gasteiger partial charge on any atom is 0.242 e. The molecule has 0 bridgehead atoms. The number of carbonyl (C=O) groups is 1. The summed E-state index contributed by atoms with van der Waals surface area (Å²) >= 11 is 0. The summed E-state index contributed by atoms with van der Waals surface area (Å²) in [6.45, 7) is 0.494. The number of nitrogens with one attached hydrogen (secondary N) is 1. The number of anilines is 2. The first-order valence-corrected chi connectivity index (χ1v) is 9.87. The van der Waals surface area contributed by atoms with Crippen LogP contribution in [0.25, 0.3) is 0 Å². The number of sulfonamides is 1. The van der Waals surface area contributed by atoms with Crippen LogP contribution in [0, 0.1) is 11.8 Å². The summed E-state index contributed by atoms with van der Waals surface area (Å²) in [6.07, 6.45) is 2.78. The number of halogens is 1. The molecule has 3 N–H and O–H groups in total. The van der Waals surface area contributed by atoms with Crippen molar-refractivity contribution in [2.75, 3.05) is 45.0 Å². The Labute approximate surface area is 162 Å². The van der Waals surface area contributed by atoms with E-state index in [-0.39, 0.29) is 35.0 Å². The van der Waals surface area contributed by atoms with E-state index < -0.39 is 10.0 Å². The average molecular weight is 405 g/mol. The summed E-state index contributed by atoms with van der Waals surface area (Å²) < 4.78 is 25.9. The van der Waals surface area contributed by atoms with Gasteiger partial charge in [-0.05, 0) is 43.5 Å². The molecule has 2 atom stereocenters. The third kappa shape index (κ3) is 4.68. The first-order chi connectivity index (χ1) is 11.7. The minimum atomic E-state index is -3.57. The van der Waals surface area contributed by atoms with E-state index in [1.807, 2.05) is 19.0 Å². The van der Waals surface area contributed by atoms with Crippen LogP contribution >= 0.6 is 12.4 Å². The highest BCUT2D eigenvalue weighted by atomic mass is 35.5. The van der Waals surface area contributed by atoms with E-state index in [9.17, 15) is 13.2 Å². The molecule has 0 saturated heterocycles. The molecule has 1 saturated carbocycles. The van der Waals surface area contributed by atoms with Crippen LogP contribution in [0.3, 0.4) is 0 Å². The lowest BCUT2D eigenvalue weighted by Crippen LogP contribution is -2.30. The maximum atomic E-state index is 12.7. The molecule has 1 fully saturated rings. The first kappa shape index (κ1) is 22.7. The Morgan fingerprint density at radius 2 is 1.88 bits per heavy atom. The van der Waals surface area contributed by atoms with Crippen molar-refractivity contribution in [3.63, 3.8) is 0 Å². The van der Waals surface area contributed by atoms with Gasteiger partial charge in [0.25, 0.3) is 0 Å². The highest BCUT2D eigenvalue weighted by molar-refractivity contribution is 7.89. The van der Waals surface area contributed by atoms with E-state index >= 15 is 0 Å². The van der Waals surface area contributed by atoms with Crippen LogP contribution in [0.15, 0.2) is 23.1 Å². The van der Waals surface area contributed by atoms with Gasteiger partial charge in [-0.25, -0.2) is 12.7 Å². The predicted molar refractivity (Wildman–Crippen MR) is 107 cm³/mol. The maximum absolute atomic E-state index is 12.7. The molecule has 0 spiro atoms. The van der Waals surface area contributed by atoms with Crippen LogP contribution < -0.4 is 16.0 Å². The number of nitrogens with two attached hydrogens (primary N) is 1. The average Bonchev–Trinajstić information content (AvgIpc) is 3.03. The summed E-state index contributed by atoms with van der Waals surface area (Å²) in [6, 6.07) is 4.79. The van der Waals surface area contributed by atoms with Gasteiger partial charge in [0.2, 0.25) is 15.9 Å². The van der Waals surface area contributed by atoms with Gasteiger partial charge < -0.3 is 16.0 Å². The molecule has 1 aromatic carbocycles. The highest BCUT2D eigenvalue weighted by Crippen LogP contribution is 2.34. The van der Waals surface area contributed by atoms with Crippen molar-refractivity contribution in [1.29, 1.82) is 0 Å². The minimum Gasteiger partial charge on any atom is -0.376 e. The first-order valence-electron chi connectivity index (χ1n) is 8.43. The van der Waals surface area contributed by atoms with Crippen molar-refractivity contribution < 1.29 is 13.2 Å². The van der Waals surface area contributed by atoms with E-state index in [1.165, 1.54) is 20.2 Å². The van der Waals surface area contributed by atoms with Crippen LogP contribution in [0.1, 0.15) is 19.3 Å². The van der Waals surface area contributed by atoms with E-state index in [2.05, 4.69) is 5.32 Å². The Hall–Kier alpha value is -1.35. The lowest BCUT2D eigenvalue weighted by Gasteiger charge is -2.22. The molecule has 1 aliphatic carbocycles. The Morgan fingerprint density at radius 1 is 1.23 bits per heavy atom. The number of carbonyl (C=O) groups excluding carboxylic acids is 1. The fraction of sp³-hybridized carbons (Fsp3) is 0.588. The second-order valence-corrected chi connectivity index (χ2v) is 9.04. The molecule has 1 aliphatic rings. The zero-order valence-corrected chi connectivity index (χ0v) is 17.4. The second kappa shape index (κ2) is 9.03. The number of hydrogen-bond acceptors (Lipinski definition) is 5. The molecule has 148 valence electrons. The largest absolute Gasteiger partial charge is 0.376 e. The van der Waals surface area contributed by atoms with Crippen molar-refractivity contribution in [2.24, 2.45) is 17.6 Å². The van der Waals surface area contributed by atoms with Crippen LogP contribution in [-0.4, -0.2) is 53.4 Å². The van der Waals surface area contributed by atoms with Crippen LogP contribution in [-0.2, 0) is 14.8 Å². The molecule has 0 aliphatic heterocycles. The molecule has 1 amide bonds. The Kier molecular flexibility index (Phi) is 7.88. The van der Waals surface area contributed by atoms with Crippen molar-refractivity contribution in [3.05, 3.63) is 18.2 Å². The van der Waals surface area contributed by atoms with Gasteiger partial charge in [0.1, 0.15) is 0 Å². The lowest BCUT2D eigenvalue weighted by atomic mass is 9.95. The quantitative estimate of drug-likeness (QED) is 0.752. The molecule has 1 aromatic rings. The Bertz CT molecular complexity index is 738. The molecule has 26 heavy (non-hydrogen) atoms. The van der Waals surface area contributed by atoms with Crippen molar-refractivity contribution in [2.45, 2.75) is 24.2 Å². The van der Waals surface area contributed by atoms with Gasteiger partial charge in [-0.1, -0.05) is 6.42 Å². The molecule has 0 radical (unpaired) electrons. The zero-order chi connectivity index (χ0) is 18.8. The summed E-state index contributed by atoms with van der Waals surface area (Å²) in [5.74, 6) is -0.0129. The molecule has 2 rings (SSSR count). The molecule has 7 nitrogen and oxygen atoms in total. The fourth-order valence-corrected chi connectivity index (χ4v) is 4.19. The number of rotatable bonds is 6. The van der Waals surface area contributed by atoms with Gasteiger partial charge in [-0.3, -0.25) is 4.79 Å². The number of nitrogens with zero attached hydrogens (tertiary/aromatic N) is 2. The number of benzene rings is 1. The van der Waals surface area contributed by atoms with Crippen LogP contribution in [0.2, 0.25) is 0 Å². The zero-order valence-electron chi connectivity index (χ0n) is 15.7. The Morgan fingerprint density at radius 3 is 2.42 bits per heavy atom. The minimum absolute atomic E-state index is 0. The molecule has 0 heterocycles. The van der Waals surface area contributed by atoms with Gasteiger partial charge >= 0.3 is 0 Å². The topological polar surface area (TPSA) is 95.7 Å². The van der Waals surface area contributed by atoms with E-state index in [0.29, 0.717) is 12.2 Å². The second-order valence-electron chi connectivity index (χ2n) is 6.88. The third-order valence-corrected chi connectivity index (χ3v) is 6.60. The van der Waals surface area contributed by atoms with Gasteiger partial charge in [0, 0.05) is 34.1 Å². The predicted octanol–water partition coefficient (Wildman–Crippen LogP) is 1.74. The van der Waals surface area contributed by atoms with Crippen LogP contribution in [0.4, 0.5) is 11.4 Å². The van der Waals surface area contributed by atoms with Gasteiger partial charge in [-0.2, -0.15) is 0 Å². The number of amides is 1. The standard InChI is InChI=1S/C17H28N4O3S.ClH/c1-20(2)16-9-8-13(25(23,24)21(3)4)10-15(16)19-17(22)14-7-5-6-12(14)11-18;/h8-10,12,14H,5-7,11,18H2,1-4H3,(H,19,22);1H/t12-,14-;/m1./s1. The van der Waals surface area contributed by atoms with E-state index in [4.69, 9.17) is 5.73 Å². The summed E-state index contributed by atoms with van der Waals surface area (Å²) in [5.41, 5.74) is 7.03. The Balaban J connectivity index is 0.00000338. The van der Waals surface area contributed by atoms with Crippen molar-refractivity contribution in [3.8, 4) is 0 Å². The van der Waals surface area contributed by atoms with E-state index in [0.717, 1.165) is 29.3 Å². The van der Waals surface area contributed by atoms with E-state index in [1.54, 1.807) is 12.1 Å². The summed E-state index contributed by atoms with van der Waals surface area (Å²) in [7, 11) is 3.10. The number of hydrogen-bond donors (Lipinski definition) is 2. The molecular formula is C17H29ClN4O3S. The third-order valence-electron chi connectivity index (χ3n) is 4.78. The van der Waals surface area contributed by atoms with Gasteiger partial charge in [0.15, 0.2) is 0 Å². The molecule has 0 unspecified atom stereocenters. The van der Waals surface area contributed by atoms with Gasteiger partial charge in [0.05, 0.1) is 16.3 Å². The van der Waals surface area contributed by atoms with Crippen LogP contribution in [0.5, 0.6) is 0 Å². The van der Waals surface area contributed by atoms with Crippen molar-refractivity contribution in [1.82, 2.24) is 4.31 Å². The van der Waals surface area contributed by atoms with Gasteiger partial charge in [-0.15, -0.1) is 12.4 Å². The SMILES string of the molecule is CN(C)c1ccc(S(=O)(=O)N(C)C)cc1NC(=O)[C@@H]1CCC[C@@H]1CN.Cl.